The van der Waals surface area contributed by atoms with E-state index in [0.717, 1.165) is 31.4 Å². The van der Waals surface area contributed by atoms with Crippen molar-refractivity contribution in [1.29, 1.82) is 0 Å². The summed E-state index contributed by atoms with van der Waals surface area (Å²) in [6.07, 6.45) is 6.40. The summed E-state index contributed by atoms with van der Waals surface area (Å²) in [5.74, 6) is 2.26. The van der Waals surface area contributed by atoms with Crippen molar-refractivity contribution in [3.05, 3.63) is 35.4 Å². The number of aliphatic imine (C=N–C) groups is 1. The Morgan fingerprint density at radius 1 is 1.23 bits per heavy atom. The van der Waals surface area contributed by atoms with Crippen molar-refractivity contribution >= 4 is 29.9 Å². The Kier molecular flexibility index (Phi) is 8.67. The molecule has 0 bridgehead atoms. The maximum Gasteiger partial charge on any atom is 0.191 e. The van der Waals surface area contributed by atoms with Gasteiger partial charge < -0.3 is 15.4 Å². The summed E-state index contributed by atoms with van der Waals surface area (Å²) < 4.78 is 6.12. The molecule has 0 spiro atoms. The number of rotatable bonds is 6. The van der Waals surface area contributed by atoms with Gasteiger partial charge in [-0.1, -0.05) is 43.2 Å². The second kappa shape index (κ2) is 10.5. The highest BCUT2D eigenvalue weighted by Crippen LogP contribution is 2.35. The number of ether oxygens (including phenoxy) is 1. The third-order valence-electron chi connectivity index (χ3n) is 5.51. The second-order valence-corrected chi connectivity index (χ2v) is 7.59. The monoisotopic (exact) mass is 471 g/mol. The van der Waals surface area contributed by atoms with E-state index >= 15 is 0 Å². The molecule has 26 heavy (non-hydrogen) atoms. The Morgan fingerprint density at radius 3 is 2.69 bits per heavy atom. The lowest BCUT2D eigenvalue weighted by molar-refractivity contribution is -0.0265. The van der Waals surface area contributed by atoms with Gasteiger partial charge in [-0.15, -0.1) is 24.0 Å². The molecule has 4 nitrogen and oxygen atoms in total. The van der Waals surface area contributed by atoms with Crippen LogP contribution in [0.2, 0.25) is 0 Å². The van der Waals surface area contributed by atoms with Gasteiger partial charge in [-0.2, -0.15) is 0 Å². The first-order valence-corrected chi connectivity index (χ1v) is 9.86. The maximum atomic E-state index is 6.12. The lowest BCUT2D eigenvalue weighted by Gasteiger charge is -2.32. The molecule has 1 aromatic rings. The van der Waals surface area contributed by atoms with E-state index in [1.807, 2.05) is 7.05 Å². The van der Waals surface area contributed by atoms with E-state index in [0.29, 0.717) is 12.0 Å². The van der Waals surface area contributed by atoms with Gasteiger partial charge >= 0.3 is 0 Å². The van der Waals surface area contributed by atoms with Gasteiger partial charge in [-0.25, -0.2) is 0 Å². The molecule has 2 aliphatic rings. The molecule has 2 N–H and O–H groups in total. The molecule has 1 saturated carbocycles. The first kappa shape index (κ1) is 21.5. The van der Waals surface area contributed by atoms with E-state index in [-0.39, 0.29) is 30.1 Å². The number of guanidine groups is 1. The Morgan fingerprint density at radius 2 is 2.00 bits per heavy atom. The molecule has 1 aromatic carbocycles. The van der Waals surface area contributed by atoms with Crippen molar-refractivity contribution < 1.29 is 4.74 Å². The molecule has 1 saturated heterocycles. The molecule has 5 heteroatoms. The van der Waals surface area contributed by atoms with Crippen LogP contribution in [0.15, 0.2) is 29.3 Å². The van der Waals surface area contributed by atoms with Crippen LogP contribution in [0.5, 0.6) is 0 Å². The molecule has 1 aliphatic heterocycles. The fourth-order valence-electron chi connectivity index (χ4n) is 3.89. The smallest absolute Gasteiger partial charge is 0.191 e. The van der Waals surface area contributed by atoms with Gasteiger partial charge in [0.05, 0.1) is 6.10 Å². The van der Waals surface area contributed by atoms with E-state index in [1.54, 1.807) is 0 Å². The Bertz CT molecular complexity index is 575. The van der Waals surface area contributed by atoms with Gasteiger partial charge in [-0.05, 0) is 44.1 Å². The molecule has 0 aromatic heterocycles. The summed E-state index contributed by atoms with van der Waals surface area (Å²) in [6.45, 7) is 6.16. The van der Waals surface area contributed by atoms with E-state index in [4.69, 9.17) is 4.74 Å². The van der Waals surface area contributed by atoms with Crippen molar-refractivity contribution in [2.45, 2.75) is 58.1 Å². The normalized spacial score (nSPS) is 28.2. The summed E-state index contributed by atoms with van der Waals surface area (Å²) in [6, 6.07) is 9.40. The number of nitrogens with one attached hydrogen (secondary N) is 2. The van der Waals surface area contributed by atoms with Crippen LogP contribution in [0.1, 0.15) is 56.3 Å². The Hall–Kier alpha value is -0.820. The van der Waals surface area contributed by atoms with Gasteiger partial charge in [0.1, 0.15) is 0 Å². The standard InChI is InChI=1S/C21H33N3O.HI/c1-4-6-17-13-19(17)24-21(22-3)23-14-18-7-5-12-25-20(18)16-10-8-15(2)9-11-16;/h8-11,17-20H,4-7,12-14H2,1-3H3,(H2,22,23,24);1H. The molecule has 2 fully saturated rings. The fourth-order valence-corrected chi connectivity index (χ4v) is 3.89. The zero-order valence-electron chi connectivity index (χ0n) is 16.3. The van der Waals surface area contributed by atoms with E-state index in [2.05, 4.69) is 53.7 Å². The fraction of sp³-hybridized carbons (Fsp3) is 0.667. The maximum absolute atomic E-state index is 6.12. The quantitative estimate of drug-likeness (QED) is 0.367. The molecule has 1 aliphatic carbocycles. The predicted octanol–water partition coefficient (Wildman–Crippen LogP) is 4.43. The first-order chi connectivity index (χ1) is 12.2. The molecule has 1 heterocycles. The largest absolute Gasteiger partial charge is 0.373 e. The molecule has 146 valence electrons. The van der Waals surface area contributed by atoms with Crippen LogP contribution < -0.4 is 10.6 Å². The Labute approximate surface area is 175 Å². The molecule has 3 rings (SSSR count). The highest BCUT2D eigenvalue weighted by atomic mass is 127. The molecule has 4 unspecified atom stereocenters. The van der Waals surface area contributed by atoms with Gasteiger partial charge in [0.15, 0.2) is 5.96 Å². The molecular weight excluding hydrogens is 437 g/mol. The van der Waals surface area contributed by atoms with Crippen LogP contribution in [-0.4, -0.2) is 32.2 Å². The van der Waals surface area contributed by atoms with Crippen LogP contribution in [0.4, 0.5) is 0 Å². The average molecular weight is 471 g/mol. The minimum Gasteiger partial charge on any atom is -0.373 e. The summed E-state index contributed by atoms with van der Waals surface area (Å²) in [4.78, 5) is 4.41. The van der Waals surface area contributed by atoms with Crippen molar-refractivity contribution in [3.63, 3.8) is 0 Å². The Balaban J connectivity index is 0.00000243. The second-order valence-electron chi connectivity index (χ2n) is 7.59. The molecular formula is C21H34IN3O. The minimum atomic E-state index is 0. The number of aryl methyl sites for hydroxylation is 1. The van der Waals surface area contributed by atoms with Crippen LogP contribution in [0.3, 0.4) is 0 Å². The summed E-state index contributed by atoms with van der Waals surface area (Å²) >= 11 is 0. The summed E-state index contributed by atoms with van der Waals surface area (Å²) in [7, 11) is 1.86. The van der Waals surface area contributed by atoms with E-state index < -0.39 is 0 Å². The van der Waals surface area contributed by atoms with Crippen molar-refractivity contribution in [2.75, 3.05) is 20.2 Å². The number of hydrogen-bond acceptors (Lipinski definition) is 2. The third-order valence-corrected chi connectivity index (χ3v) is 5.51. The van der Waals surface area contributed by atoms with Crippen LogP contribution in [0.25, 0.3) is 0 Å². The van der Waals surface area contributed by atoms with Gasteiger partial charge in [0.25, 0.3) is 0 Å². The topological polar surface area (TPSA) is 45.7 Å². The van der Waals surface area contributed by atoms with Gasteiger partial charge in [-0.3, -0.25) is 4.99 Å². The number of benzene rings is 1. The van der Waals surface area contributed by atoms with Crippen molar-refractivity contribution in [1.82, 2.24) is 10.6 Å². The lowest BCUT2D eigenvalue weighted by Crippen LogP contribution is -2.43. The molecule has 0 radical (unpaired) electrons. The minimum absolute atomic E-state index is 0. The van der Waals surface area contributed by atoms with Crippen molar-refractivity contribution in [2.24, 2.45) is 16.8 Å². The zero-order valence-corrected chi connectivity index (χ0v) is 18.7. The van der Waals surface area contributed by atoms with Crippen LogP contribution >= 0.6 is 24.0 Å². The van der Waals surface area contributed by atoms with Gasteiger partial charge in [0, 0.05) is 32.2 Å². The van der Waals surface area contributed by atoms with E-state index in [9.17, 15) is 0 Å². The summed E-state index contributed by atoms with van der Waals surface area (Å²) in [5.41, 5.74) is 2.59. The SMILES string of the molecule is CCCC1CC1NC(=NC)NCC1CCCOC1c1ccc(C)cc1.I. The number of hydrogen-bond donors (Lipinski definition) is 2. The van der Waals surface area contributed by atoms with Crippen LogP contribution in [0, 0.1) is 18.8 Å². The molecule has 0 amide bonds. The first-order valence-electron chi connectivity index (χ1n) is 9.86. The van der Waals surface area contributed by atoms with E-state index in [1.165, 1.54) is 36.8 Å². The summed E-state index contributed by atoms with van der Waals surface area (Å²) in [5, 5.41) is 7.12. The zero-order chi connectivity index (χ0) is 17.6. The lowest BCUT2D eigenvalue weighted by atomic mass is 9.89. The van der Waals surface area contributed by atoms with Crippen LogP contribution in [-0.2, 0) is 4.74 Å². The highest BCUT2D eigenvalue weighted by Gasteiger charge is 2.36. The highest BCUT2D eigenvalue weighted by molar-refractivity contribution is 14.0. The number of halogens is 1. The predicted molar refractivity (Wildman–Crippen MR) is 119 cm³/mol. The third kappa shape index (κ3) is 5.84. The van der Waals surface area contributed by atoms with Gasteiger partial charge in [0.2, 0.25) is 0 Å². The van der Waals surface area contributed by atoms with Crippen molar-refractivity contribution in [3.8, 4) is 0 Å². The molecule has 4 atom stereocenters. The number of nitrogens with zero attached hydrogens (tertiary/aromatic N) is 1. The average Bonchev–Trinajstić information content (AvgIpc) is 3.37.